The molecule has 0 unspecified atom stereocenters. The van der Waals surface area contributed by atoms with Crippen LogP contribution < -0.4 is 9.80 Å². The first-order valence-electron chi connectivity index (χ1n) is 17.5. The van der Waals surface area contributed by atoms with Crippen LogP contribution in [0.25, 0.3) is 51.5 Å². The van der Waals surface area contributed by atoms with Gasteiger partial charge in [0, 0.05) is 74.5 Å². The Morgan fingerprint density at radius 3 is 1.37 bits per heavy atom. The number of rotatable bonds is 7. The lowest BCUT2D eigenvalue weighted by molar-refractivity contribution is 1.29. The van der Waals surface area contributed by atoms with Crippen molar-refractivity contribution in [1.29, 1.82) is 0 Å². The Labute approximate surface area is 310 Å². The second-order valence-corrected chi connectivity index (χ2v) is 15.1. The summed E-state index contributed by atoms with van der Waals surface area (Å²) in [6.45, 7) is 0. The zero-order valence-corrected chi connectivity index (χ0v) is 29.8. The minimum atomic E-state index is 1.13. The lowest BCUT2D eigenvalue weighted by atomic mass is 9.97. The van der Waals surface area contributed by atoms with Crippen LogP contribution in [-0.2, 0) is 0 Å². The number of hydrogen-bond acceptors (Lipinski definition) is 4. The Morgan fingerprint density at radius 2 is 0.750 bits per heavy atom. The topological polar surface area (TPSA) is 6.48 Å². The molecule has 0 radical (unpaired) electrons. The summed E-state index contributed by atoms with van der Waals surface area (Å²) in [7, 11) is 0. The number of fused-ring (bicyclic) bond motifs is 6. The molecule has 8 aromatic carbocycles. The first kappa shape index (κ1) is 30.6. The van der Waals surface area contributed by atoms with Gasteiger partial charge in [0.15, 0.2) is 0 Å². The predicted octanol–water partition coefficient (Wildman–Crippen LogP) is 15.0. The molecule has 0 amide bonds. The molecule has 0 bridgehead atoms. The Bertz CT molecular complexity index is 2800. The van der Waals surface area contributed by atoms with Crippen molar-refractivity contribution >= 4 is 97.1 Å². The monoisotopic (exact) mass is 700 g/mol. The van der Waals surface area contributed by atoms with E-state index in [2.05, 4.69) is 204 Å². The first-order chi connectivity index (χ1) is 25.8. The van der Waals surface area contributed by atoms with Crippen molar-refractivity contribution in [3.63, 3.8) is 0 Å². The maximum absolute atomic E-state index is 2.42. The van der Waals surface area contributed by atoms with E-state index in [1.807, 2.05) is 22.7 Å². The molecule has 0 atom stereocenters. The highest BCUT2D eigenvalue weighted by Gasteiger charge is 2.21. The summed E-state index contributed by atoms with van der Waals surface area (Å²) in [5.41, 5.74) is 9.24. The molecule has 52 heavy (non-hydrogen) atoms. The van der Waals surface area contributed by atoms with Crippen molar-refractivity contribution in [2.45, 2.75) is 0 Å². The van der Waals surface area contributed by atoms with Crippen LogP contribution in [0.3, 0.4) is 0 Å². The van der Waals surface area contributed by atoms with Crippen molar-refractivity contribution in [1.82, 2.24) is 0 Å². The van der Waals surface area contributed by atoms with Crippen LogP contribution in [0.4, 0.5) is 34.1 Å². The molecule has 246 valence electrons. The van der Waals surface area contributed by atoms with Gasteiger partial charge in [-0.05, 0) is 102 Å². The van der Waals surface area contributed by atoms with Gasteiger partial charge in [-0.15, -0.1) is 22.7 Å². The van der Waals surface area contributed by atoms with E-state index in [0.29, 0.717) is 0 Å². The number of hydrogen-bond donors (Lipinski definition) is 0. The van der Waals surface area contributed by atoms with E-state index in [0.717, 1.165) is 34.1 Å². The molecule has 0 N–H and O–H groups in total. The van der Waals surface area contributed by atoms with Gasteiger partial charge in [-0.1, -0.05) is 103 Å². The third kappa shape index (κ3) is 5.32. The zero-order chi connectivity index (χ0) is 34.4. The van der Waals surface area contributed by atoms with Crippen LogP contribution in [0.5, 0.6) is 0 Å². The molecular formula is C48H32N2S2. The molecule has 0 aliphatic heterocycles. The molecule has 0 aliphatic carbocycles. The SMILES string of the molecule is c1ccc(-c2cc(N(c3ccccc3)c3ccc4sc5ccccc5c4c3)cc3sc4ccc(N(c5ccccc5)c5ccccc5)cc4c23)cc1. The lowest BCUT2D eigenvalue weighted by Crippen LogP contribution is -2.10. The number of nitrogens with zero attached hydrogens (tertiary/aromatic N) is 2. The van der Waals surface area contributed by atoms with E-state index in [1.165, 1.54) is 51.5 Å². The molecule has 4 heteroatoms. The third-order valence-corrected chi connectivity index (χ3v) is 12.1. The number of anilines is 6. The molecule has 0 saturated heterocycles. The Morgan fingerprint density at radius 1 is 0.288 bits per heavy atom. The van der Waals surface area contributed by atoms with E-state index < -0.39 is 0 Å². The quantitative estimate of drug-likeness (QED) is 0.163. The lowest BCUT2D eigenvalue weighted by Gasteiger charge is -2.27. The van der Waals surface area contributed by atoms with E-state index in [-0.39, 0.29) is 0 Å². The molecule has 0 saturated carbocycles. The number of benzene rings is 8. The van der Waals surface area contributed by atoms with Crippen LogP contribution in [-0.4, -0.2) is 0 Å². The van der Waals surface area contributed by atoms with Gasteiger partial charge in [-0.3, -0.25) is 0 Å². The summed E-state index contributed by atoms with van der Waals surface area (Å²) in [5.74, 6) is 0. The number of thiophene rings is 2. The van der Waals surface area contributed by atoms with Gasteiger partial charge in [-0.2, -0.15) is 0 Å². The molecule has 0 aliphatic rings. The molecule has 10 rings (SSSR count). The van der Waals surface area contributed by atoms with Gasteiger partial charge in [0.25, 0.3) is 0 Å². The van der Waals surface area contributed by atoms with E-state index in [1.54, 1.807) is 0 Å². The maximum atomic E-state index is 2.42. The summed E-state index contributed by atoms with van der Waals surface area (Å²) < 4.78 is 5.15. The van der Waals surface area contributed by atoms with Gasteiger partial charge >= 0.3 is 0 Å². The fourth-order valence-electron chi connectivity index (χ4n) is 7.47. The largest absolute Gasteiger partial charge is 0.310 e. The second kappa shape index (κ2) is 12.8. The normalized spacial score (nSPS) is 11.5. The second-order valence-electron chi connectivity index (χ2n) is 13.0. The molecular weight excluding hydrogens is 669 g/mol. The van der Waals surface area contributed by atoms with Gasteiger partial charge in [-0.25, -0.2) is 0 Å². The molecule has 0 spiro atoms. The highest BCUT2D eigenvalue weighted by molar-refractivity contribution is 7.26. The Balaban J connectivity index is 1.21. The van der Waals surface area contributed by atoms with Crippen molar-refractivity contribution in [3.05, 3.63) is 194 Å². The van der Waals surface area contributed by atoms with Crippen molar-refractivity contribution in [2.75, 3.05) is 9.80 Å². The zero-order valence-electron chi connectivity index (χ0n) is 28.2. The van der Waals surface area contributed by atoms with Gasteiger partial charge in [0.2, 0.25) is 0 Å². The van der Waals surface area contributed by atoms with Gasteiger partial charge in [0.1, 0.15) is 0 Å². The first-order valence-corrected chi connectivity index (χ1v) is 19.1. The van der Waals surface area contributed by atoms with Crippen molar-refractivity contribution < 1.29 is 0 Å². The van der Waals surface area contributed by atoms with Crippen LogP contribution >= 0.6 is 22.7 Å². The smallest absolute Gasteiger partial charge is 0.0482 e. The fraction of sp³-hybridized carbons (Fsp3) is 0. The average Bonchev–Trinajstić information content (AvgIpc) is 3.77. The number of para-hydroxylation sites is 3. The fourth-order valence-corrected chi connectivity index (χ4v) is 9.70. The average molecular weight is 701 g/mol. The van der Waals surface area contributed by atoms with E-state index in [4.69, 9.17) is 0 Å². The predicted molar refractivity (Wildman–Crippen MR) is 227 cm³/mol. The standard InChI is InChI=1S/C48H32N2S2/c1-5-15-33(16-6-1)41-31-39(50(36-21-11-4-12-22-36)37-25-27-45-42(29-37)40-23-13-14-24-44(40)51-45)32-47-48(41)43-30-38(26-28-46(43)52-47)49(34-17-7-2-8-18-34)35-19-9-3-10-20-35/h1-32H. The summed E-state index contributed by atoms with van der Waals surface area (Å²) >= 11 is 3.72. The Hall–Kier alpha value is -6.20. The van der Waals surface area contributed by atoms with Crippen LogP contribution in [0, 0.1) is 0 Å². The summed E-state index contributed by atoms with van der Waals surface area (Å²) in [6.07, 6.45) is 0. The minimum absolute atomic E-state index is 1.13. The summed E-state index contributed by atoms with van der Waals surface area (Å²) in [4.78, 5) is 4.76. The highest BCUT2D eigenvalue weighted by Crippen LogP contribution is 2.48. The third-order valence-electron chi connectivity index (χ3n) is 9.80. The molecule has 2 heterocycles. The van der Waals surface area contributed by atoms with Crippen LogP contribution in [0.2, 0.25) is 0 Å². The highest BCUT2D eigenvalue weighted by atomic mass is 32.1. The van der Waals surface area contributed by atoms with Crippen molar-refractivity contribution in [2.24, 2.45) is 0 Å². The van der Waals surface area contributed by atoms with Gasteiger partial charge < -0.3 is 9.80 Å². The van der Waals surface area contributed by atoms with Crippen molar-refractivity contribution in [3.8, 4) is 11.1 Å². The Kier molecular flexibility index (Phi) is 7.56. The molecule has 10 aromatic rings. The summed E-state index contributed by atoms with van der Waals surface area (Å²) in [6, 6.07) is 70.3. The maximum Gasteiger partial charge on any atom is 0.0482 e. The molecule has 2 aromatic heterocycles. The van der Waals surface area contributed by atoms with Crippen LogP contribution in [0.15, 0.2) is 194 Å². The van der Waals surface area contributed by atoms with Gasteiger partial charge in [0.05, 0.1) is 0 Å². The van der Waals surface area contributed by atoms with E-state index in [9.17, 15) is 0 Å². The van der Waals surface area contributed by atoms with E-state index >= 15 is 0 Å². The summed E-state index contributed by atoms with van der Waals surface area (Å²) in [5, 5.41) is 5.14. The minimum Gasteiger partial charge on any atom is -0.310 e. The molecule has 2 nitrogen and oxygen atoms in total. The molecule has 0 fully saturated rings. The van der Waals surface area contributed by atoms with Crippen LogP contribution in [0.1, 0.15) is 0 Å².